The first kappa shape index (κ1) is 21.4. The van der Waals surface area contributed by atoms with Gasteiger partial charge in [0.1, 0.15) is 23.7 Å². The number of benzene rings is 1. The second kappa shape index (κ2) is 9.43. The Morgan fingerprint density at radius 2 is 1.90 bits per heavy atom. The zero-order chi connectivity index (χ0) is 21.7. The average molecular weight is 410 g/mol. The van der Waals surface area contributed by atoms with Crippen LogP contribution in [0.3, 0.4) is 0 Å². The summed E-state index contributed by atoms with van der Waals surface area (Å²) in [5.41, 5.74) is 4.77. The average Bonchev–Trinajstić information content (AvgIpc) is 3.13. The SMILES string of the molecule is COc1c(C)c2c(c(OC)c1C/C=C(\C)CCC(=O)Nc1ccncc1)C(=O)OC2. The lowest BCUT2D eigenvalue weighted by Gasteiger charge is -2.18. The van der Waals surface area contributed by atoms with Crippen LogP contribution in [0.4, 0.5) is 5.69 Å². The van der Waals surface area contributed by atoms with Crippen LogP contribution >= 0.6 is 0 Å². The van der Waals surface area contributed by atoms with Gasteiger partial charge in [-0.3, -0.25) is 9.78 Å². The number of nitrogens with one attached hydrogen (secondary N) is 1. The maximum absolute atomic E-state index is 12.2. The van der Waals surface area contributed by atoms with Crippen molar-refractivity contribution in [3.8, 4) is 11.5 Å². The number of ether oxygens (including phenoxy) is 3. The number of methoxy groups -OCH3 is 2. The molecule has 0 aliphatic carbocycles. The largest absolute Gasteiger partial charge is 0.496 e. The van der Waals surface area contributed by atoms with Gasteiger partial charge in [-0.05, 0) is 44.4 Å². The predicted octanol–water partition coefficient (Wildman–Crippen LogP) is 3.99. The van der Waals surface area contributed by atoms with E-state index in [2.05, 4.69) is 10.3 Å². The Kier molecular flexibility index (Phi) is 6.72. The first-order valence-corrected chi connectivity index (χ1v) is 9.75. The molecule has 1 amide bonds. The van der Waals surface area contributed by atoms with Crippen LogP contribution in [-0.2, 0) is 22.6 Å². The van der Waals surface area contributed by atoms with Crippen molar-refractivity contribution in [2.45, 2.75) is 39.7 Å². The van der Waals surface area contributed by atoms with Crippen molar-refractivity contribution in [2.75, 3.05) is 19.5 Å². The number of anilines is 1. The van der Waals surface area contributed by atoms with E-state index in [0.717, 1.165) is 28.0 Å². The standard InChI is InChI=1S/C23H26N2O5/c1-14(6-8-19(26)25-16-9-11-24-12-10-16)5-7-17-21(28-3)15(2)18-13-30-23(27)20(18)22(17)29-4/h5,9-12H,6-8,13H2,1-4H3,(H,24,25,26)/b14-5+. The summed E-state index contributed by atoms with van der Waals surface area (Å²) in [6, 6.07) is 3.50. The molecule has 0 bridgehead atoms. The van der Waals surface area contributed by atoms with E-state index in [0.29, 0.717) is 36.3 Å². The number of cyclic esters (lactones) is 1. The summed E-state index contributed by atoms with van der Waals surface area (Å²) >= 11 is 0. The highest BCUT2D eigenvalue weighted by molar-refractivity contribution is 5.98. The van der Waals surface area contributed by atoms with Crippen LogP contribution in [0.5, 0.6) is 11.5 Å². The molecule has 0 saturated carbocycles. The molecule has 1 aliphatic rings. The summed E-state index contributed by atoms with van der Waals surface area (Å²) in [6.07, 6.45) is 6.81. The zero-order valence-electron chi connectivity index (χ0n) is 17.7. The molecule has 0 fully saturated rings. The Balaban J connectivity index is 1.73. The molecular formula is C23H26N2O5. The van der Waals surface area contributed by atoms with Crippen LogP contribution in [0.1, 0.15) is 46.8 Å². The van der Waals surface area contributed by atoms with Crippen molar-refractivity contribution in [3.05, 3.63) is 58.4 Å². The van der Waals surface area contributed by atoms with E-state index in [4.69, 9.17) is 14.2 Å². The van der Waals surface area contributed by atoms with Gasteiger partial charge in [0.05, 0.1) is 14.2 Å². The fraction of sp³-hybridized carbons (Fsp3) is 0.348. The van der Waals surface area contributed by atoms with Crippen molar-refractivity contribution in [1.82, 2.24) is 4.98 Å². The molecule has 1 aromatic heterocycles. The first-order chi connectivity index (χ1) is 14.5. The lowest BCUT2D eigenvalue weighted by molar-refractivity contribution is -0.116. The summed E-state index contributed by atoms with van der Waals surface area (Å²) in [6.45, 7) is 4.13. The molecule has 7 heteroatoms. The highest BCUT2D eigenvalue weighted by Crippen LogP contribution is 2.42. The highest BCUT2D eigenvalue weighted by atomic mass is 16.5. The number of pyridine rings is 1. The smallest absolute Gasteiger partial charge is 0.342 e. The van der Waals surface area contributed by atoms with Crippen LogP contribution in [0, 0.1) is 6.92 Å². The van der Waals surface area contributed by atoms with Crippen LogP contribution in [0.2, 0.25) is 0 Å². The minimum absolute atomic E-state index is 0.0553. The second-order valence-electron chi connectivity index (χ2n) is 7.14. The number of rotatable bonds is 8. The van der Waals surface area contributed by atoms with E-state index in [9.17, 15) is 9.59 Å². The summed E-state index contributed by atoms with van der Waals surface area (Å²) < 4.78 is 16.4. The molecule has 158 valence electrons. The van der Waals surface area contributed by atoms with Gasteiger partial charge in [0.15, 0.2) is 0 Å². The summed E-state index contributed by atoms with van der Waals surface area (Å²) in [5.74, 6) is 0.764. The van der Waals surface area contributed by atoms with Crippen molar-refractivity contribution in [1.29, 1.82) is 0 Å². The number of fused-ring (bicyclic) bond motifs is 1. The molecule has 0 saturated heterocycles. The molecule has 1 aliphatic heterocycles. The lowest BCUT2D eigenvalue weighted by Crippen LogP contribution is -2.11. The van der Waals surface area contributed by atoms with E-state index >= 15 is 0 Å². The van der Waals surface area contributed by atoms with Gasteiger partial charge in [-0.2, -0.15) is 0 Å². The third-order valence-electron chi connectivity index (χ3n) is 5.20. The number of carbonyl (C=O) groups excluding carboxylic acids is 2. The van der Waals surface area contributed by atoms with Crippen LogP contribution < -0.4 is 14.8 Å². The Hall–Kier alpha value is -3.35. The molecule has 2 aromatic rings. The molecule has 2 heterocycles. The van der Waals surface area contributed by atoms with Gasteiger partial charge < -0.3 is 19.5 Å². The fourth-order valence-corrected chi connectivity index (χ4v) is 3.58. The maximum atomic E-state index is 12.2. The van der Waals surface area contributed by atoms with Crippen molar-refractivity contribution in [2.24, 2.45) is 0 Å². The molecule has 0 spiro atoms. The first-order valence-electron chi connectivity index (χ1n) is 9.75. The lowest BCUT2D eigenvalue weighted by atomic mass is 9.94. The number of amides is 1. The van der Waals surface area contributed by atoms with Gasteiger partial charge in [0, 0.05) is 35.6 Å². The third-order valence-corrected chi connectivity index (χ3v) is 5.20. The molecule has 0 unspecified atom stereocenters. The van der Waals surface area contributed by atoms with E-state index < -0.39 is 0 Å². The van der Waals surface area contributed by atoms with Crippen molar-refractivity contribution in [3.63, 3.8) is 0 Å². The number of hydrogen-bond donors (Lipinski definition) is 1. The van der Waals surface area contributed by atoms with Gasteiger partial charge in [-0.15, -0.1) is 0 Å². The number of aromatic nitrogens is 1. The zero-order valence-corrected chi connectivity index (χ0v) is 17.7. The van der Waals surface area contributed by atoms with E-state index in [1.807, 2.05) is 19.9 Å². The normalized spacial score (nSPS) is 12.9. The number of esters is 1. The van der Waals surface area contributed by atoms with Crippen LogP contribution in [0.25, 0.3) is 0 Å². The quantitative estimate of drug-likeness (QED) is 0.523. The summed E-state index contributed by atoms with van der Waals surface area (Å²) in [5, 5.41) is 2.85. The Labute approximate surface area is 176 Å². The maximum Gasteiger partial charge on any atom is 0.342 e. The molecular weight excluding hydrogens is 384 g/mol. The van der Waals surface area contributed by atoms with Gasteiger partial charge in [-0.25, -0.2) is 4.79 Å². The molecule has 3 rings (SSSR count). The highest BCUT2D eigenvalue weighted by Gasteiger charge is 2.32. The minimum atomic E-state index is -0.373. The fourth-order valence-electron chi connectivity index (χ4n) is 3.58. The van der Waals surface area contributed by atoms with Gasteiger partial charge in [0.25, 0.3) is 0 Å². The molecule has 0 radical (unpaired) electrons. The topological polar surface area (TPSA) is 86.8 Å². The third kappa shape index (κ3) is 4.45. The molecule has 7 nitrogen and oxygen atoms in total. The monoisotopic (exact) mass is 410 g/mol. The Morgan fingerprint density at radius 3 is 2.57 bits per heavy atom. The Morgan fingerprint density at radius 1 is 1.20 bits per heavy atom. The van der Waals surface area contributed by atoms with Crippen molar-refractivity contribution >= 4 is 17.6 Å². The van der Waals surface area contributed by atoms with Gasteiger partial charge in [0.2, 0.25) is 5.91 Å². The molecule has 30 heavy (non-hydrogen) atoms. The second-order valence-corrected chi connectivity index (χ2v) is 7.14. The molecule has 1 aromatic carbocycles. The van der Waals surface area contributed by atoms with E-state index in [-0.39, 0.29) is 18.5 Å². The summed E-state index contributed by atoms with van der Waals surface area (Å²) in [4.78, 5) is 28.3. The van der Waals surface area contributed by atoms with Crippen LogP contribution in [0.15, 0.2) is 36.2 Å². The predicted molar refractivity (Wildman–Crippen MR) is 113 cm³/mol. The molecule has 1 N–H and O–H groups in total. The molecule has 0 atom stereocenters. The number of allylic oxidation sites excluding steroid dienone is 2. The number of hydrogen-bond acceptors (Lipinski definition) is 6. The van der Waals surface area contributed by atoms with E-state index in [1.165, 1.54) is 0 Å². The van der Waals surface area contributed by atoms with Crippen LogP contribution in [-0.4, -0.2) is 31.1 Å². The van der Waals surface area contributed by atoms with Crippen molar-refractivity contribution < 1.29 is 23.8 Å². The van der Waals surface area contributed by atoms with E-state index in [1.54, 1.807) is 38.7 Å². The number of carbonyl (C=O) groups is 2. The van der Waals surface area contributed by atoms with Gasteiger partial charge in [-0.1, -0.05) is 11.6 Å². The number of nitrogens with zero attached hydrogens (tertiary/aromatic N) is 1. The van der Waals surface area contributed by atoms with Gasteiger partial charge >= 0.3 is 5.97 Å². The Bertz CT molecular complexity index is 983. The minimum Gasteiger partial charge on any atom is -0.496 e. The summed E-state index contributed by atoms with van der Waals surface area (Å²) in [7, 11) is 3.15.